The molecule has 29 heavy (non-hydrogen) atoms. The van der Waals surface area contributed by atoms with Crippen LogP contribution >= 0.6 is 15.9 Å². The van der Waals surface area contributed by atoms with Gasteiger partial charge in [0.1, 0.15) is 11.5 Å². The molecule has 0 aliphatic carbocycles. The maximum Gasteiger partial charge on any atom is 0.264 e. The zero-order chi connectivity index (χ0) is 20.9. The fourth-order valence-corrected chi connectivity index (χ4v) is 4.60. The van der Waals surface area contributed by atoms with Crippen molar-refractivity contribution in [1.29, 1.82) is 0 Å². The Hall–Kier alpha value is -2.51. The minimum Gasteiger partial charge on any atom is -0.497 e. The topological polar surface area (TPSA) is 55.8 Å². The molecule has 0 atom stereocenters. The van der Waals surface area contributed by atoms with Gasteiger partial charge in [-0.15, -0.1) is 0 Å². The third kappa shape index (κ3) is 4.92. The van der Waals surface area contributed by atoms with E-state index in [0.29, 0.717) is 23.8 Å². The van der Waals surface area contributed by atoms with Crippen LogP contribution in [0.3, 0.4) is 0 Å². The summed E-state index contributed by atoms with van der Waals surface area (Å²) in [5.74, 6) is 1.11. The summed E-state index contributed by atoms with van der Waals surface area (Å²) in [5, 5.41) is 0. The first-order valence-electron chi connectivity index (χ1n) is 9.08. The number of hydrogen-bond donors (Lipinski definition) is 0. The third-order valence-electron chi connectivity index (χ3n) is 4.32. The van der Waals surface area contributed by atoms with Gasteiger partial charge in [0.2, 0.25) is 0 Å². The number of benzene rings is 3. The van der Waals surface area contributed by atoms with Gasteiger partial charge in [0.15, 0.2) is 0 Å². The monoisotopic (exact) mass is 475 g/mol. The minimum atomic E-state index is -3.84. The highest BCUT2D eigenvalue weighted by atomic mass is 79.9. The lowest BCUT2D eigenvalue weighted by atomic mass is 10.2. The molecule has 0 spiro atoms. The van der Waals surface area contributed by atoms with E-state index in [1.54, 1.807) is 49.6 Å². The Morgan fingerprint density at radius 2 is 1.59 bits per heavy atom. The highest BCUT2D eigenvalue weighted by Crippen LogP contribution is 2.34. The van der Waals surface area contributed by atoms with E-state index in [1.165, 1.54) is 4.31 Å². The molecule has 0 unspecified atom stereocenters. The lowest BCUT2D eigenvalue weighted by Gasteiger charge is -2.26. The largest absolute Gasteiger partial charge is 0.497 e. The van der Waals surface area contributed by atoms with Crippen LogP contribution in [0.5, 0.6) is 11.5 Å². The Bertz CT molecular complexity index is 1050. The quantitative estimate of drug-likeness (QED) is 0.446. The van der Waals surface area contributed by atoms with Crippen LogP contribution in [-0.2, 0) is 16.6 Å². The number of anilines is 1. The summed E-state index contributed by atoms with van der Waals surface area (Å²) in [4.78, 5) is 0.182. The molecule has 0 aromatic heterocycles. The van der Waals surface area contributed by atoms with Crippen LogP contribution in [-0.4, -0.2) is 22.1 Å². The summed E-state index contributed by atoms with van der Waals surface area (Å²) in [7, 11) is -2.30. The van der Waals surface area contributed by atoms with Crippen molar-refractivity contribution in [2.45, 2.75) is 18.4 Å². The number of rotatable bonds is 8. The van der Waals surface area contributed by atoms with Crippen molar-refractivity contribution in [3.8, 4) is 11.5 Å². The molecule has 0 fully saturated rings. The molecule has 0 saturated carbocycles. The predicted octanol–water partition coefficient (Wildman–Crippen LogP) is 5.25. The maximum atomic E-state index is 13.6. The average molecular weight is 476 g/mol. The standard InChI is InChI=1S/C22H22BrNO4S/c1-3-28-22-7-5-4-6-21(22)24(16-17-8-10-18(23)11-9-17)29(25,26)20-14-12-19(27-2)13-15-20/h4-15H,3,16H2,1-2H3. The molecule has 152 valence electrons. The summed E-state index contributed by atoms with van der Waals surface area (Å²) in [6, 6.07) is 21.1. The number of halogens is 1. The van der Waals surface area contributed by atoms with Gasteiger partial charge < -0.3 is 9.47 Å². The van der Waals surface area contributed by atoms with Crippen LogP contribution in [0, 0.1) is 0 Å². The van der Waals surface area contributed by atoms with E-state index in [4.69, 9.17) is 9.47 Å². The highest BCUT2D eigenvalue weighted by molar-refractivity contribution is 9.10. The highest BCUT2D eigenvalue weighted by Gasteiger charge is 2.27. The second kappa shape index (κ2) is 9.33. The van der Waals surface area contributed by atoms with E-state index in [0.717, 1.165) is 10.0 Å². The van der Waals surface area contributed by atoms with E-state index >= 15 is 0 Å². The zero-order valence-corrected chi connectivity index (χ0v) is 18.6. The second-order valence-electron chi connectivity index (χ2n) is 6.21. The van der Waals surface area contributed by atoms with E-state index < -0.39 is 10.0 Å². The summed E-state index contributed by atoms with van der Waals surface area (Å²) < 4.78 is 40.3. The van der Waals surface area contributed by atoms with Gasteiger partial charge in [-0.2, -0.15) is 0 Å². The molecule has 0 saturated heterocycles. The molecule has 5 nitrogen and oxygen atoms in total. The summed E-state index contributed by atoms with van der Waals surface area (Å²) >= 11 is 3.41. The number of methoxy groups -OCH3 is 1. The maximum absolute atomic E-state index is 13.6. The molecular formula is C22H22BrNO4S. The van der Waals surface area contributed by atoms with Crippen LogP contribution in [0.4, 0.5) is 5.69 Å². The van der Waals surface area contributed by atoms with Gasteiger partial charge in [-0.05, 0) is 61.0 Å². The first-order valence-corrected chi connectivity index (χ1v) is 11.3. The number of hydrogen-bond acceptors (Lipinski definition) is 4. The fraction of sp³-hybridized carbons (Fsp3) is 0.182. The normalized spacial score (nSPS) is 11.1. The second-order valence-corrected chi connectivity index (χ2v) is 8.99. The lowest BCUT2D eigenvalue weighted by Crippen LogP contribution is -2.31. The van der Waals surface area contributed by atoms with Crippen LogP contribution in [0.1, 0.15) is 12.5 Å². The Kier molecular flexibility index (Phi) is 6.82. The number of sulfonamides is 1. The number of ether oxygens (including phenoxy) is 2. The van der Waals surface area contributed by atoms with E-state index in [2.05, 4.69) is 15.9 Å². The molecule has 0 bridgehead atoms. The molecular weight excluding hydrogens is 454 g/mol. The summed E-state index contributed by atoms with van der Waals surface area (Å²) in [5.41, 5.74) is 1.35. The summed E-state index contributed by atoms with van der Waals surface area (Å²) in [6.45, 7) is 2.48. The molecule has 3 rings (SSSR count). The Morgan fingerprint density at radius 1 is 0.931 bits per heavy atom. The van der Waals surface area contributed by atoms with Gasteiger partial charge in [-0.1, -0.05) is 40.2 Å². The van der Waals surface area contributed by atoms with Crippen molar-refractivity contribution in [1.82, 2.24) is 0 Å². The minimum absolute atomic E-state index is 0.172. The zero-order valence-electron chi connectivity index (χ0n) is 16.2. The molecule has 3 aromatic rings. The molecule has 0 aliphatic heterocycles. The van der Waals surface area contributed by atoms with Crippen molar-refractivity contribution >= 4 is 31.6 Å². The Balaban J connectivity index is 2.09. The SMILES string of the molecule is CCOc1ccccc1N(Cc1ccc(Br)cc1)S(=O)(=O)c1ccc(OC)cc1. The van der Waals surface area contributed by atoms with Gasteiger partial charge in [0, 0.05) is 4.47 Å². The molecule has 0 amide bonds. The average Bonchev–Trinajstić information content (AvgIpc) is 2.74. The van der Waals surface area contributed by atoms with E-state index in [-0.39, 0.29) is 11.4 Å². The number of para-hydroxylation sites is 2. The van der Waals surface area contributed by atoms with Crippen molar-refractivity contribution in [3.05, 3.63) is 82.8 Å². The van der Waals surface area contributed by atoms with E-state index in [1.807, 2.05) is 37.3 Å². The van der Waals surface area contributed by atoms with Crippen molar-refractivity contribution in [2.75, 3.05) is 18.0 Å². The smallest absolute Gasteiger partial charge is 0.264 e. The van der Waals surface area contributed by atoms with Crippen molar-refractivity contribution in [2.24, 2.45) is 0 Å². The van der Waals surface area contributed by atoms with Gasteiger partial charge >= 0.3 is 0 Å². The molecule has 3 aromatic carbocycles. The van der Waals surface area contributed by atoms with E-state index in [9.17, 15) is 8.42 Å². The van der Waals surface area contributed by atoms with Crippen LogP contribution in [0.2, 0.25) is 0 Å². The van der Waals surface area contributed by atoms with Crippen LogP contribution < -0.4 is 13.8 Å². The summed E-state index contributed by atoms with van der Waals surface area (Å²) in [6.07, 6.45) is 0. The first-order chi connectivity index (χ1) is 14.0. The first kappa shape index (κ1) is 21.2. The molecule has 0 aliphatic rings. The van der Waals surface area contributed by atoms with Gasteiger partial charge in [-0.25, -0.2) is 8.42 Å². The Labute approximate surface area is 180 Å². The van der Waals surface area contributed by atoms with Crippen molar-refractivity contribution in [3.63, 3.8) is 0 Å². The van der Waals surface area contributed by atoms with Crippen LogP contribution in [0.15, 0.2) is 82.2 Å². The lowest BCUT2D eigenvalue weighted by molar-refractivity contribution is 0.341. The van der Waals surface area contributed by atoms with Crippen molar-refractivity contribution < 1.29 is 17.9 Å². The van der Waals surface area contributed by atoms with Gasteiger partial charge in [0.05, 0.1) is 30.8 Å². The predicted molar refractivity (Wildman–Crippen MR) is 118 cm³/mol. The molecule has 7 heteroatoms. The van der Waals surface area contributed by atoms with Gasteiger partial charge in [-0.3, -0.25) is 4.31 Å². The fourth-order valence-electron chi connectivity index (χ4n) is 2.87. The third-order valence-corrected chi connectivity index (χ3v) is 6.62. The molecule has 0 radical (unpaired) electrons. The number of nitrogens with zero attached hydrogens (tertiary/aromatic N) is 1. The molecule has 0 heterocycles. The Morgan fingerprint density at radius 3 is 2.21 bits per heavy atom. The van der Waals surface area contributed by atoms with Crippen LogP contribution in [0.25, 0.3) is 0 Å². The van der Waals surface area contributed by atoms with Gasteiger partial charge in [0.25, 0.3) is 10.0 Å². The molecule has 0 N–H and O–H groups in total.